The SMILES string of the molecule is COc1ccc(C(=O)C(Br)C(C)C)c(OC)c1. The third-order valence-electron chi connectivity index (χ3n) is 2.51. The summed E-state index contributed by atoms with van der Waals surface area (Å²) in [4.78, 5) is 12.0. The van der Waals surface area contributed by atoms with Crippen LogP contribution in [0, 0.1) is 5.92 Å². The average molecular weight is 301 g/mol. The average Bonchev–Trinajstić information content (AvgIpc) is 2.35. The van der Waals surface area contributed by atoms with E-state index >= 15 is 0 Å². The molecule has 94 valence electrons. The molecule has 0 aliphatic rings. The zero-order chi connectivity index (χ0) is 13.0. The van der Waals surface area contributed by atoms with E-state index in [1.807, 2.05) is 13.8 Å². The van der Waals surface area contributed by atoms with E-state index in [-0.39, 0.29) is 16.5 Å². The fourth-order valence-electron chi connectivity index (χ4n) is 1.45. The molecule has 1 aromatic carbocycles. The number of carbonyl (C=O) groups excluding carboxylic acids is 1. The number of ketones is 1. The number of halogens is 1. The maximum atomic E-state index is 12.2. The predicted molar refractivity (Wildman–Crippen MR) is 71.4 cm³/mol. The first-order valence-electron chi connectivity index (χ1n) is 5.41. The number of rotatable bonds is 5. The fourth-order valence-corrected chi connectivity index (χ4v) is 1.70. The standard InChI is InChI=1S/C13H17BrO3/c1-8(2)12(14)13(15)10-6-5-9(16-3)7-11(10)17-4/h5-8,12H,1-4H3. The second-order valence-corrected chi connectivity index (χ2v) is 5.06. The van der Waals surface area contributed by atoms with Gasteiger partial charge in [-0.25, -0.2) is 0 Å². The number of hydrogen-bond donors (Lipinski definition) is 0. The van der Waals surface area contributed by atoms with Gasteiger partial charge in [0.1, 0.15) is 11.5 Å². The zero-order valence-corrected chi connectivity index (χ0v) is 12.1. The molecule has 1 atom stereocenters. The molecule has 0 aliphatic carbocycles. The van der Waals surface area contributed by atoms with E-state index in [1.165, 1.54) is 0 Å². The molecule has 1 rings (SSSR count). The summed E-state index contributed by atoms with van der Waals surface area (Å²) in [5, 5.41) is 0. The van der Waals surface area contributed by atoms with Crippen molar-refractivity contribution >= 4 is 21.7 Å². The third kappa shape index (κ3) is 3.22. The summed E-state index contributed by atoms with van der Waals surface area (Å²) in [6, 6.07) is 5.21. The molecule has 1 unspecified atom stereocenters. The Morgan fingerprint density at radius 1 is 1.24 bits per heavy atom. The molecular formula is C13H17BrO3. The van der Waals surface area contributed by atoms with Gasteiger partial charge >= 0.3 is 0 Å². The van der Waals surface area contributed by atoms with Crippen molar-refractivity contribution in [1.82, 2.24) is 0 Å². The van der Waals surface area contributed by atoms with Gasteiger partial charge in [-0.2, -0.15) is 0 Å². The van der Waals surface area contributed by atoms with Crippen LogP contribution in [0.5, 0.6) is 11.5 Å². The molecule has 0 aromatic heterocycles. The highest BCUT2D eigenvalue weighted by atomic mass is 79.9. The molecule has 0 aliphatic heterocycles. The monoisotopic (exact) mass is 300 g/mol. The molecule has 0 radical (unpaired) electrons. The fraction of sp³-hybridized carbons (Fsp3) is 0.462. The van der Waals surface area contributed by atoms with Crippen molar-refractivity contribution in [3.63, 3.8) is 0 Å². The van der Waals surface area contributed by atoms with Crippen LogP contribution in [0.15, 0.2) is 18.2 Å². The highest BCUT2D eigenvalue weighted by Gasteiger charge is 2.23. The summed E-state index contributed by atoms with van der Waals surface area (Å²) in [5.74, 6) is 1.47. The first-order chi connectivity index (χ1) is 8.01. The highest BCUT2D eigenvalue weighted by Crippen LogP contribution is 2.28. The Morgan fingerprint density at radius 2 is 1.88 bits per heavy atom. The zero-order valence-electron chi connectivity index (χ0n) is 10.5. The van der Waals surface area contributed by atoms with Gasteiger partial charge in [0, 0.05) is 6.07 Å². The van der Waals surface area contributed by atoms with E-state index in [2.05, 4.69) is 15.9 Å². The van der Waals surface area contributed by atoms with Crippen molar-refractivity contribution < 1.29 is 14.3 Å². The van der Waals surface area contributed by atoms with E-state index in [4.69, 9.17) is 9.47 Å². The minimum absolute atomic E-state index is 0.0273. The molecule has 1 aromatic rings. The van der Waals surface area contributed by atoms with Crippen LogP contribution < -0.4 is 9.47 Å². The van der Waals surface area contributed by atoms with Crippen molar-refractivity contribution in [2.24, 2.45) is 5.92 Å². The first kappa shape index (κ1) is 14.0. The number of hydrogen-bond acceptors (Lipinski definition) is 3. The van der Waals surface area contributed by atoms with Crippen LogP contribution in [0.1, 0.15) is 24.2 Å². The van der Waals surface area contributed by atoms with Gasteiger partial charge in [-0.15, -0.1) is 0 Å². The topological polar surface area (TPSA) is 35.5 Å². The Hall–Kier alpha value is -1.03. The first-order valence-corrected chi connectivity index (χ1v) is 6.33. The third-order valence-corrected chi connectivity index (χ3v) is 3.98. The van der Waals surface area contributed by atoms with Crippen LogP contribution in [0.4, 0.5) is 0 Å². The van der Waals surface area contributed by atoms with E-state index in [0.29, 0.717) is 17.1 Å². The minimum atomic E-state index is -0.204. The van der Waals surface area contributed by atoms with Gasteiger partial charge in [0.2, 0.25) is 0 Å². The van der Waals surface area contributed by atoms with Gasteiger partial charge in [-0.3, -0.25) is 4.79 Å². The molecule has 3 nitrogen and oxygen atoms in total. The van der Waals surface area contributed by atoms with Gasteiger partial charge in [-0.1, -0.05) is 29.8 Å². The van der Waals surface area contributed by atoms with Crippen LogP contribution >= 0.6 is 15.9 Å². The summed E-state index contributed by atoms with van der Waals surface area (Å²) >= 11 is 3.41. The summed E-state index contributed by atoms with van der Waals surface area (Å²) in [6.45, 7) is 3.99. The molecule has 0 fully saturated rings. The van der Waals surface area contributed by atoms with Crippen molar-refractivity contribution in [2.45, 2.75) is 18.7 Å². The lowest BCUT2D eigenvalue weighted by Gasteiger charge is -2.15. The van der Waals surface area contributed by atoms with Crippen LogP contribution in [-0.2, 0) is 0 Å². The van der Waals surface area contributed by atoms with Gasteiger partial charge in [0.25, 0.3) is 0 Å². The molecule has 0 spiro atoms. The highest BCUT2D eigenvalue weighted by molar-refractivity contribution is 9.10. The van der Waals surface area contributed by atoms with Gasteiger partial charge < -0.3 is 9.47 Å². The summed E-state index contributed by atoms with van der Waals surface area (Å²) < 4.78 is 10.3. The Labute approximate surface area is 110 Å². The second kappa shape index (κ2) is 6.05. The molecular weight excluding hydrogens is 284 g/mol. The number of alkyl halides is 1. The Morgan fingerprint density at radius 3 is 2.35 bits per heavy atom. The predicted octanol–water partition coefficient (Wildman–Crippen LogP) is 3.31. The van der Waals surface area contributed by atoms with Crippen LogP contribution in [0.2, 0.25) is 0 Å². The van der Waals surface area contributed by atoms with E-state index in [0.717, 1.165) is 0 Å². The quantitative estimate of drug-likeness (QED) is 0.618. The molecule has 0 bridgehead atoms. The Bertz CT molecular complexity index is 402. The lowest BCUT2D eigenvalue weighted by atomic mass is 10.00. The van der Waals surface area contributed by atoms with E-state index in [9.17, 15) is 4.79 Å². The smallest absolute Gasteiger partial charge is 0.180 e. The molecule has 0 amide bonds. The number of ether oxygens (including phenoxy) is 2. The largest absolute Gasteiger partial charge is 0.497 e. The van der Waals surface area contributed by atoms with Crippen molar-refractivity contribution in [3.05, 3.63) is 23.8 Å². The molecule has 4 heteroatoms. The van der Waals surface area contributed by atoms with E-state index < -0.39 is 0 Å². The van der Waals surface area contributed by atoms with Gasteiger partial charge in [0.15, 0.2) is 5.78 Å². The lowest BCUT2D eigenvalue weighted by molar-refractivity contribution is 0.0975. The summed E-state index contributed by atoms with van der Waals surface area (Å²) in [6.07, 6.45) is 0. The van der Waals surface area contributed by atoms with Crippen LogP contribution in [0.25, 0.3) is 0 Å². The van der Waals surface area contributed by atoms with Crippen molar-refractivity contribution in [2.75, 3.05) is 14.2 Å². The van der Waals surface area contributed by atoms with E-state index in [1.54, 1.807) is 32.4 Å². The molecule has 0 heterocycles. The van der Waals surface area contributed by atoms with Gasteiger partial charge in [0.05, 0.1) is 24.6 Å². The second-order valence-electron chi connectivity index (χ2n) is 4.08. The molecule has 17 heavy (non-hydrogen) atoms. The normalized spacial score (nSPS) is 12.4. The molecule has 0 N–H and O–H groups in total. The number of Topliss-reactive ketones (excluding diaryl/α,β-unsaturated/α-hetero) is 1. The maximum absolute atomic E-state index is 12.2. The Kier molecular flexibility index (Phi) is 5.00. The molecule has 0 saturated carbocycles. The Balaban J connectivity index is 3.09. The minimum Gasteiger partial charge on any atom is -0.497 e. The van der Waals surface area contributed by atoms with Crippen molar-refractivity contribution in [3.8, 4) is 11.5 Å². The lowest BCUT2D eigenvalue weighted by Crippen LogP contribution is -2.20. The number of methoxy groups -OCH3 is 2. The maximum Gasteiger partial charge on any atom is 0.180 e. The number of carbonyl (C=O) groups is 1. The number of benzene rings is 1. The van der Waals surface area contributed by atoms with Crippen LogP contribution in [0.3, 0.4) is 0 Å². The van der Waals surface area contributed by atoms with Crippen LogP contribution in [-0.4, -0.2) is 24.8 Å². The molecule has 0 saturated heterocycles. The summed E-state index contributed by atoms with van der Waals surface area (Å²) in [7, 11) is 3.13. The summed E-state index contributed by atoms with van der Waals surface area (Å²) in [5.41, 5.74) is 0.573. The van der Waals surface area contributed by atoms with Crippen molar-refractivity contribution in [1.29, 1.82) is 0 Å². The van der Waals surface area contributed by atoms with Gasteiger partial charge in [-0.05, 0) is 18.1 Å².